The molecule has 0 heterocycles. The van der Waals surface area contributed by atoms with Crippen LogP contribution < -0.4 is 10.0 Å². The Bertz CT molecular complexity index is 768. The molecule has 2 amide bonds. The Morgan fingerprint density at radius 1 is 1.07 bits per heavy atom. The first-order chi connectivity index (χ1) is 13.2. The fourth-order valence-electron chi connectivity index (χ4n) is 3.21. The van der Waals surface area contributed by atoms with Crippen LogP contribution in [0.15, 0.2) is 29.2 Å². The summed E-state index contributed by atoms with van der Waals surface area (Å²) in [5.74, 6) is -0.0849. The van der Waals surface area contributed by atoms with Gasteiger partial charge in [-0.2, -0.15) is 0 Å². The summed E-state index contributed by atoms with van der Waals surface area (Å²) in [6.45, 7) is 5.60. The van der Waals surface area contributed by atoms with Gasteiger partial charge in [0.2, 0.25) is 0 Å². The van der Waals surface area contributed by atoms with Gasteiger partial charge in [0.15, 0.2) is 0 Å². The normalized spacial score (nSPS) is 16.4. The number of carbonyl (C=O) groups excluding carboxylic acids is 2. The number of urea groups is 1. The summed E-state index contributed by atoms with van der Waals surface area (Å²) in [4.78, 5) is 23.8. The molecule has 1 aromatic carbocycles. The maximum atomic E-state index is 12.4. The number of rotatable bonds is 7. The molecule has 1 aliphatic carbocycles. The molecule has 156 valence electrons. The van der Waals surface area contributed by atoms with Crippen LogP contribution in [0, 0.1) is 5.92 Å². The smallest absolute Gasteiger partial charge is 0.328 e. The second-order valence-corrected chi connectivity index (χ2v) is 9.40. The molecule has 1 fully saturated rings. The average Bonchev–Trinajstić information content (AvgIpc) is 2.61. The molecule has 0 bridgehead atoms. The lowest BCUT2D eigenvalue weighted by molar-refractivity contribution is -0.149. The summed E-state index contributed by atoms with van der Waals surface area (Å²) < 4.78 is 32.2. The van der Waals surface area contributed by atoms with Crippen LogP contribution in [0.3, 0.4) is 0 Å². The van der Waals surface area contributed by atoms with E-state index in [-0.39, 0.29) is 22.8 Å². The summed E-state index contributed by atoms with van der Waals surface area (Å²) in [5, 5.41) is 2.72. The van der Waals surface area contributed by atoms with E-state index in [0.29, 0.717) is 12.0 Å². The van der Waals surface area contributed by atoms with E-state index in [9.17, 15) is 18.0 Å². The van der Waals surface area contributed by atoms with Crippen molar-refractivity contribution in [3.8, 4) is 0 Å². The quantitative estimate of drug-likeness (QED) is 0.668. The van der Waals surface area contributed by atoms with Crippen LogP contribution in [0.2, 0.25) is 0 Å². The number of esters is 1. The third kappa shape index (κ3) is 6.82. The molecule has 1 saturated carbocycles. The van der Waals surface area contributed by atoms with Gasteiger partial charge < -0.3 is 10.1 Å². The number of sulfonamides is 1. The number of hydrogen-bond donors (Lipinski definition) is 2. The maximum Gasteiger partial charge on any atom is 0.328 e. The van der Waals surface area contributed by atoms with Crippen molar-refractivity contribution in [2.24, 2.45) is 5.92 Å². The van der Waals surface area contributed by atoms with Crippen molar-refractivity contribution in [2.75, 3.05) is 0 Å². The van der Waals surface area contributed by atoms with E-state index < -0.39 is 22.2 Å². The molecule has 0 aliphatic heterocycles. The third-order valence-corrected chi connectivity index (χ3v) is 6.06. The van der Waals surface area contributed by atoms with Crippen LogP contribution in [-0.4, -0.2) is 26.5 Å². The molecule has 1 aromatic rings. The number of hydrogen-bond acceptors (Lipinski definition) is 5. The topological polar surface area (TPSA) is 102 Å². The fraction of sp³-hybridized carbons (Fsp3) is 0.600. The molecule has 0 saturated heterocycles. The summed E-state index contributed by atoms with van der Waals surface area (Å²) in [6, 6.07) is 5.29. The van der Waals surface area contributed by atoms with Crippen LogP contribution in [-0.2, 0) is 19.6 Å². The lowest BCUT2D eigenvalue weighted by Crippen LogP contribution is -2.45. The molecule has 7 nitrogen and oxygen atoms in total. The Kier molecular flexibility index (Phi) is 7.86. The molecular weight excluding hydrogens is 380 g/mol. The Morgan fingerprint density at radius 2 is 1.68 bits per heavy atom. The van der Waals surface area contributed by atoms with Crippen molar-refractivity contribution in [1.29, 1.82) is 0 Å². The van der Waals surface area contributed by atoms with Crippen molar-refractivity contribution in [3.05, 3.63) is 29.8 Å². The van der Waals surface area contributed by atoms with E-state index in [4.69, 9.17) is 4.74 Å². The van der Waals surface area contributed by atoms with Gasteiger partial charge in [0, 0.05) is 12.5 Å². The van der Waals surface area contributed by atoms with E-state index in [2.05, 4.69) is 10.0 Å². The minimum absolute atomic E-state index is 0.0178. The molecular formula is C20H30N2O5S. The standard InChI is InChI=1S/C20H30N2O5S/c1-14(2)13-19(23)27-15(3)16-9-11-18(12-10-16)28(25,26)22-20(24)21-17-7-5-4-6-8-17/h9-12,14-15,17H,4-8,13H2,1-3H3,(H2,21,22,24). The predicted octanol–water partition coefficient (Wildman–Crippen LogP) is 3.66. The van der Waals surface area contributed by atoms with E-state index in [1.54, 1.807) is 19.1 Å². The van der Waals surface area contributed by atoms with Gasteiger partial charge in [0.05, 0.1) is 4.90 Å². The van der Waals surface area contributed by atoms with Crippen molar-refractivity contribution in [2.45, 2.75) is 76.3 Å². The Hall–Kier alpha value is -2.09. The van der Waals surface area contributed by atoms with Crippen LogP contribution >= 0.6 is 0 Å². The Balaban J connectivity index is 1.94. The summed E-state index contributed by atoms with van der Waals surface area (Å²) in [5.41, 5.74) is 0.683. The van der Waals surface area contributed by atoms with Gasteiger partial charge in [-0.05, 0) is 43.4 Å². The van der Waals surface area contributed by atoms with E-state index in [0.717, 1.165) is 32.1 Å². The molecule has 2 rings (SSSR count). The lowest BCUT2D eigenvalue weighted by atomic mass is 9.96. The van der Waals surface area contributed by atoms with E-state index in [1.807, 2.05) is 13.8 Å². The molecule has 0 aromatic heterocycles. The highest BCUT2D eigenvalue weighted by molar-refractivity contribution is 7.90. The van der Waals surface area contributed by atoms with Crippen LogP contribution in [0.25, 0.3) is 0 Å². The Labute approximate surface area is 167 Å². The molecule has 8 heteroatoms. The number of carbonyl (C=O) groups is 2. The van der Waals surface area contributed by atoms with Crippen LogP contribution in [0.5, 0.6) is 0 Å². The second-order valence-electron chi connectivity index (χ2n) is 7.71. The highest BCUT2D eigenvalue weighted by Crippen LogP contribution is 2.21. The predicted molar refractivity (Wildman–Crippen MR) is 106 cm³/mol. The number of benzene rings is 1. The van der Waals surface area contributed by atoms with E-state index in [1.165, 1.54) is 12.1 Å². The first-order valence-electron chi connectivity index (χ1n) is 9.80. The van der Waals surface area contributed by atoms with Gasteiger partial charge in [0.1, 0.15) is 6.10 Å². The zero-order valence-electron chi connectivity index (χ0n) is 16.7. The SMILES string of the molecule is CC(C)CC(=O)OC(C)c1ccc(S(=O)(=O)NC(=O)NC2CCCCC2)cc1. The molecule has 1 aliphatic rings. The fourth-order valence-corrected chi connectivity index (χ4v) is 4.12. The van der Waals surface area contributed by atoms with Gasteiger partial charge in [-0.15, -0.1) is 0 Å². The first-order valence-corrected chi connectivity index (χ1v) is 11.3. The molecule has 28 heavy (non-hydrogen) atoms. The lowest BCUT2D eigenvalue weighted by Gasteiger charge is -2.22. The summed E-state index contributed by atoms with van der Waals surface area (Å²) in [6.07, 6.45) is 4.82. The highest BCUT2D eigenvalue weighted by atomic mass is 32.2. The molecule has 1 atom stereocenters. The van der Waals surface area contributed by atoms with Gasteiger partial charge in [-0.1, -0.05) is 45.2 Å². The van der Waals surface area contributed by atoms with Gasteiger partial charge >= 0.3 is 12.0 Å². The summed E-state index contributed by atoms with van der Waals surface area (Å²) >= 11 is 0. The second kappa shape index (κ2) is 9.91. The summed E-state index contributed by atoms with van der Waals surface area (Å²) in [7, 11) is -3.96. The number of nitrogens with one attached hydrogen (secondary N) is 2. The zero-order chi connectivity index (χ0) is 20.7. The van der Waals surface area contributed by atoms with E-state index >= 15 is 0 Å². The monoisotopic (exact) mass is 410 g/mol. The highest BCUT2D eigenvalue weighted by Gasteiger charge is 2.21. The maximum absolute atomic E-state index is 12.4. The van der Waals surface area contributed by atoms with Gasteiger partial charge in [-0.3, -0.25) is 4.79 Å². The van der Waals surface area contributed by atoms with Crippen molar-refractivity contribution >= 4 is 22.0 Å². The molecule has 0 radical (unpaired) electrons. The number of amides is 2. The Morgan fingerprint density at radius 3 is 2.25 bits per heavy atom. The largest absolute Gasteiger partial charge is 0.458 e. The number of ether oxygens (including phenoxy) is 1. The molecule has 0 spiro atoms. The minimum atomic E-state index is -3.96. The third-order valence-electron chi connectivity index (χ3n) is 4.71. The first kappa shape index (κ1) is 22.2. The van der Waals surface area contributed by atoms with Crippen LogP contribution in [0.4, 0.5) is 4.79 Å². The van der Waals surface area contributed by atoms with Crippen molar-refractivity contribution < 1.29 is 22.7 Å². The minimum Gasteiger partial charge on any atom is -0.458 e. The molecule has 1 unspecified atom stereocenters. The van der Waals surface area contributed by atoms with Gasteiger partial charge in [0.25, 0.3) is 10.0 Å². The average molecular weight is 411 g/mol. The zero-order valence-corrected chi connectivity index (χ0v) is 17.6. The van der Waals surface area contributed by atoms with Crippen LogP contribution in [0.1, 0.15) is 71.0 Å². The van der Waals surface area contributed by atoms with Crippen molar-refractivity contribution in [1.82, 2.24) is 10.0 Å². The van der Waals surface area contributed by atoms with Gasteiger partial charge in [-0.25, -0.2) is 17.9 Å². The van der Waals surface area contributed by atoms with Crippen molar-refractivity contribution in [3.63, 3.8) is 0 Å². The molecule has 2 N–H and O–H groups in total.